The van der Waals surface area contributed by atoms with Crippen LogP contribution in [0.1, 0.15) is 13.3 Å². The number of benzene rings is 2. The third kappa shape index (κ3) is 5.25. The van der Waals surface area contributed by atoms with Crippen LogP contribution in [-0.4, -0.2) is 51.3 Å². The second kappa shape index (κ2) is 10.5. The number of imidazole rings is 1. The highest BCUT2D eigenvalue weighted by molar-refractivity contribution is 6.32. The molecule has 11 heteroatoms. The second-order valence-electron chi connectivity index (χ2n) is 9.58. The number of aromatic nitrogens is 3. The van der Waals surface area contributed by atoms with Crippen molar-refractivity contribution in [3.63, 3.8) is 0 Å². The lowest BCUT2D eigenvalue weighted by Gasteiger charge is -2.20. The summed E-state index contributed by atoms with van der Waals surface area (Å²) in [5, 5.41) is 17.6. The van der Waals surface area contributed by atoms with E-state index in [1.54, 1.807) is 49.8 Å². The fraction of sp³-hybridized carbons (Fsp3) is 0.250. The highest BCUT2D eigenvalue weighted by Gasteiger charge is 2.24. The molecular weight excluding hydrogens is 523 g/mol. The number of nitrogens with zero attached hydrogens (tertiary/aromatic N) is 4. The van der Waals surface area contributed by atoms with Gasteiger partial charge in [0.25, 0.3) is 0 Å². The first-order valence-electron chi connectivity index (χ1n) is 12.4. The van der Waals surface area contributed by atoms with Crippen molar-refractivity contribution in [1.82, 2.24) is 19.4 Å². The van der Waals surface area contributed by atoms with E-state index >= 15 is 0 Å². The average Bonchev–Trinajstić information content (AvgIpc) is 3.51. The molecule has 0 saturated carbocycles. The summed E-state index contributed by atoms with van der Waals surface area (Å²) in [5.74, 6) is -0.101. The van der Waals surface area contributed by atoms with E-state index in [0.29, 0.717) is 34.5 Å². The molecule has 202 valence electrons. The third-order valence-electron chi connectivity index (χ3n) is 6.89. The minimum absolute atomic E-state index is 0.155. The molecule has 1 fully saturated rings. The van der Waals surface area contributed by atoms with E-state index in [1.165, 1.54) is 28.2 Å². The quantitative estimate of drug-likeness (QED) is 0.333. The molecule has 3 N–H and O–H groups in total. The van der Waals surface area contributed by atoms with Crippen molar-refractivity contribution in [2.75, 3.05) is 30.4 Å². The Hall–Kier alpha value is -4.15. The molecule has 0 radical (unpaired) electrons. The monoisotopic (exact) mass is 550 g/mol. The van der Waals surface area contributed by atoms with Crippen LogP contribution in [0.4, 0.5) is 16.0 Å². The zero-order valence-electron chi connectivity index (χ0n) is 21.7. The molecule has 1 amide bonds. The molecule has 0 bridgehead atoms. The van der Waals surface area contributed by atoms with Crippen molar-refractivity contribution in [1.29, 1.82) is 0 Å². The lowest BCUT2D eigenvalue weighted by molar-refractivity contribution is -0.114. The fourth-order valence-electron chi connectivity index (χ4n) is 4.84. The Labute approximate surface area is 229 Å². The Balaban J connectivity index is 1.59. The first kappa shape index (κ1) is 26.5. The van der Waals surface area contributed by atoms with E-state index in [-0.39, 0.29) is 33.5 Å². The molecular formula is C28H28ClFN6O3. The van der Waals surface area contributed by atoms with Crippen LogP contribution in [-0.2, 0) is 11.8 Å². The van der Waals surface area contributed by atoms with Gasteiger partial charge in [-0.1, -0.05) is 17.7 Å². The summed E-state index contributed by atoms with van der Waals surface area (Å²) >= 11 is 6.53. The van der Waals surface area contributed by atoms with Crippen molar-refractivity contribution in [2.45, 2.75) is 19.4 Å². The Morgan fingerprint density at radius 3 is 2.49 bits per heavy atom. The molecule has 1 aliphatic heterocycles. The number of halogens is 2. The lowest BCUT2D eigenvalue weighted by Crippen LogP contribution is -2.30. The molecule has 1 saturated heterocycles. The third-order valence-corrected chi connectivity index (χ3v) is 7.19. The van der Waals surface area contributed by atoms with Crippen molar-refractivity contribution >= 4 is 29.1 Å². The van der Waals surface area contributed by atoms with E-state index < -0.39 is 5.82 Å². The van der Waals surface area contributed by atoms with Crippen LogP contribution >= 0.6 is 11.6 Å². The molecule has 0 spiro atoms. The standard InChI is InChI=1S/C28H28ClFN6O3/c1-16(37)32-25-11-18(12-26(33-25)35-7-6-20(15-35)31-2)22-14-19(30)13-21(27(22)38)17-4-5-24(23(29)10-17)36-9-8-34(3)28(36)39/h4-5,8-14,20,31,38H,6-7,15H2,1-3H3,(H,32,33,37)/t20-/m0/s1. The van der Waals surface area contributed by atoms with Gasteiger partial charge in [-0.15, -0.1) is 0 Å². The maximum absolute atomic E-state index is 15.0. The smallest absolute Gasteiger partial charge is 0.332 e. The second-order valence-corrected chi connectivity index (χ2v) is 9.99. The number of carbonyl (C=O) groups excluding carboxylic acids is 1. The number of nitrogens with one attached hydrogen (secondary N) is 2. The zero-order chi connectivity index (χ0) is 27.8. The number of hydrogen-bond donors (Lipinski definition) is 3. The van der Waals surface area contributed by atoms with Crippen LogP contribution in [0.2, 0.25) is 5.02 Å². The van der Waals surface area contributed by atoms with Gasteiger partial charge in [-0.2, -0.15) is 0 Å². The Morgan fingerprint density at radius 1 is 1.13 bits per heavy atom. The minimum atomic E-state index is -0.562. The van der Waals surface area contributed by atoms with Gasteiger partial charge >= 0.3 is 5.69 Å². The summed E-state index contributed by atoms with van der Waals surface area (Å²) in [6, 6.07) is 11.1. The largest absolute Gasteiger partial charge is 0.507 e. The average molecular weight is 551 g/mol. The van der Waals surface area contributed by atoms with E-state index in [9.17, 15) is 19.1 Å². The number of carbonyl (C=O) groups is 1. The van der Waals surface area contributed by atoms with E-state index in [4.69, 9.17) is 11.6 Å². The number of hydrogen-bond acceptors (Lipinski definition) is 6. The van der Waals surface area contributed by atoms with Gasteiger partial charge in [-0.25, -0.2) is 14.2 Å². The summed E-state index contributed by atoms with van der Waals surface area (Å²) in [6.45, 7) is 2.87. The number of likely N-dealkylation sites (N-methyl/N-ethyl adjacent to an activating group) is 1. The number of amides is 1. The van der Waals surface area contributed by atoms with Crippen LogP contribution in [0.15, 0.2) is 59.7 Å². The lowest BCUT2D eigenvalue weighted by atomic mass is 9.97. The van der Waals surface area contributed by atoms with Gasteiger partial charge in [0.15, 0.2) is 0 Å². The van der Waals surface area contributed by atoms with E-state index in [0.717, 1.165) is 19.5 Å². The topological polar surface area (TPSA) is 104 Å². The van der Waals surface area contributed by atoms with Crippen LogP contribution in [0.3, 0.4) is 0 Å². The maximum Gasteiger partial charge on any atom is 0.332 e. The summed E-state index contributed by atoms with van der Waals surface area (Å²) in [7, 11) is 3.54. The number of pyridine rings is 1. The zero-order valence-corrected chi connectivity index (χ0v) is 22.5. The normalized spacial score (nSPS) is 15.1. The molecule has 2 aromatic carbocycles. The van der Waals surface area contributed by atoms with Gasteiger partial charge in [-0.3, -0.25) is 9.36 Å². The van der Waals surface area contributed by atoms with Crippen molar-refractivity contribution < 1.29 is 14.3 Å². The molecule has 3 heterocycles. The van der Waals surface area contributed by atoms with Crippen molar-refractivity contribution in [2.24, 2.45) is 7.05 Å². The number of phenols is 1. The maximum atomic E-state index is 15.0. The van der Waals surface area contributed by atoms with Gasteiger partial charge in [-0.05, 0) is 61.0 Å². The van der Waals surface area contributed by atoms with Crippen molar-refractivity contribution in [3.8, 4) is 33.7 Å². The van der Waals surface area contributed by atoms with Crippen LogP contribution < -0.4 is 21.2 Å². The molecule has 1 atom stereocenters. The van der Waals surface area contributed by atoms with Gasteiger partial charge < -0.3 is 25.2 Å². The molecule has 4 aromatic rings. The van der Waals surface area contributed by atoms with E-state index in [1.807, 2.05) is 7.05 Å². The highest BCUT2D eigenvalue weighted by Crippen LogP contribution is 2.41. The first-order chi connectivity index (χ1) is 18.6. The molecule has 0 aliphatic carbocycles. The minimum Gasteiger partial charge on any atom is -0.507 e. The predicted octanol–water partition coefficient (Wildman–Crippen LogP) is 4.16. The SMILES string of the molecule is CN[C@H]1CCN(c2cc(-c3cc(F)cc(-c4ccc(-n5ccn(C)c5=O)c(Cl)c4)c3O)cc(NC(C)=O)n2)C1. The Morgan fingerprint density at radius 2 is 1.87 bits per heavy atom. The highest BCUT2D eigenvalue weighted by atomic mass is 35.5. The van der Waals surface area contributed by atoms with E-state index in [2.05, 4.69) is 20.5 Å². The number of aryl methyl sites for hydroxylation is 1. The molecule has 5 rings (SSSR count). The van der Waals surface area contributed by atoms with Gasteiger partial charge in [0.2, 0.25) is 5.91 Å². The predicted molar refractivity (Wildman–Crippen MR) is 150 cm³/mol. The molecule has 0 unspecified atom stereocenters. The molecule has 1 aliphatic rings. The Kier molecular flexibility index (Phi) is 7.16. The van der Waals surface area contributed by atoms with Gasteiger partial charge in [0.05, 0.1) is 10.7 Å². The number of aromatic hydroxyl groups is 1. The van der Waals surface area contributed by atoms with Gasteiger partial charge in [0.1, 0.15) is 23.2 Å². The summed E-state index contributed by atoms with van der Waals surface area (Å²) in [5.41, 5.74) is 1.64. The molecule has 2 aromatic heterocycles. The van der Waals surface area contributed by atoms with Gasteiger partial charge in [0, 0.05) is 56.6 Å². The number of rotatable bonds is 6. The molecule has 39 heavy (non-hydrogen) atoms. The van der Waals surface area contributed by atoms with Crippen LogP contribution in [0.25, 0.3) is 27.9 Å². The fourth-order valence-corrected chi connectivity index (χ4v) is 5.11. The summed E-state index contributed by atoms with van der Waals surface area (Å²) in [4.78, 5) is 30.9. The Bertz CT molecular complexity index is 1630. The summed E-state index contributed by atoms with van der Waals surface area (Å²) < 4.78 is 17.8. The van der Waals surface area contributed by atoms with Crippen LogP contribution in [0, 0.1) is 5.82 Å². The molecule has 9 nitrogen and oxygen atoms in total. The van der Waals surface area contributed by atoms with Crippen LogP contribution in [0.5, 0.6) is 5.75 Å². The summed E-state index contributed by atoms with van der Waals surface area (Å²) in [6.07, 6.45) is 4.16. The van der Waals surface area contributed by atoms with Crippen molar-refractivity contribution in [3.05, 3.63) is 76.2 Å². The number of anilines is 2. The number of phenolic OH excluding ortho intramolecular Hbond substituents is 1. The first-order valence-corrected chi connectivity index (χ1v) is 12.8.